The molecule has 1 atom stereocenters. The molecular weight excluding hydrogens is 234 g/mol. The minimum Gasteiger partial charge on any atom is -0.337 e. The predicted octanol–water partition coefficient (Wildman–Crippen LogP) is 2.25. The van der Waals surface area contributed by atoms with Crippen LogP contribution in [0.3, 0.4) is 0 Å². The Hall–Kier alpha value is -0.910. The zero-order chi connectivity index (χ0) is 9.38. The Labute approximate surface area is 97.1 Å². The molecule has 1 N–H and O–H groups in total. The van der Waals surface area contributed by atoms with Crippen LogP contribution in [0.25, 0.3) is 10.7 Å². The van der Waals surface area contributed by atoms with Crippen molar-refractivity contribution in [3.63, 3.8) is 0 Å². The second-order valence-electron chi connectivity index (χ2n) is 3.23. The Bertz CT molecular complexity index is 424. The summed E-state index contributed by atoms with van der Waals surface area (Å²) in [6, 6.07) is 4.25. The lowest BCUT2D eigenvalue weighted by Gasteiger charge is -2.23. The molecule has 0 unspecified atom stereocenters. The molecule has 0 amide bonds. The van der Waals surface area contributed by atoms with Crippen LogP contribution in [-0.2, 0) is 0 Å². The predicted molar refractivity (Wildman–Crippen MR) is 60.2 cm³/mol. The van der Waals surface area contributed by atoms with E-state index in [0.29, 0.717) is 11.7 Å². The Morgan fingerprint density at radius 3 is 3.00 bits per heavy atom. The topological polar surface area (TPSA) is 51.0 Å². The van der Waals surface area contributed by atoms with Crippen LogP contribution in [0.1, 0.15) is 18.4 Å². The lowest BCUT2D eigenvalue weighted by atomic mass is 10.1. The summed E-state index contributed by atoms with van der Waals surface area (Å²) in [6.07, 6.45) is 1.09. The van der Waals surface area contributed by atoms with Gasteiger partial charge in [-0.2, -0.15) is 4.98 Å². The second-order valence-corrected chi connectivity index (χ2v) is 4.18. The molecule has 0 aromatic carbocycles. The number of hydrogen-bond acceptors (Lipinski definition) is 5. The van der Waals surface area contributed by atoms with Crippen LogP contribution in [0.5, 0.6) is 0 Å². The molecule has 0 saturated carbocycles. The van der Waals surface area contributed by atoms with E-state index < -0.39 is 0 Å². The summed E-state index contributed by atoms with van der Waals surface area (Å²) in [7, 11) is 0. The highest BCUT2D eigenvalue weighted by Crippen LogP contribution is 2.26. The van der Waals surface area contributed by atoms with Gasteiger partial charge < -0.3 is 9.84 Å². The summed E-state index contributed by atoms with van der Waals surface area (Å²) in [5, 5.41) is 9.18. The number of rotatable bonds is 2. The highest BCUT2D eigenvalue weighted by Gasteiger charge is 2.24. The van der Waals surface area contributed by atoms with E-state index >= 15 is 0 Å². The van der Waals surface area contributed by atoms with Gasteiger partial charge in [0.2, 0.25) is 11.7 Å². The molecule has 1 aliphatic heterocycles. The molecule has 15 heavy (non-hydrogen) atoms. The molecule has 0 spiro atoms. The fraction of sp³-hybridized carbons (Fsp3) is 0.333. The first kappa shape index (κ1) is 10.6. The number of nitrogens with one attached hydrogen (secondary N) is 1. The van der Waals surface area contributed by atoms with Crippen LogP contribution in [0.15, 0.2) is 22.0 Å². The largest absolute Gasteiger partial charge is 0.337 e. The van der Waals surface area contributed by atoms with Crippen LogP contribution in [-0.4, -0.2) is 16.7 Å². The third-order valence-electron chi connectivity index (χ3n) is 2.31. The molecule has 3 rings (SSSR count). The maximum Gasteiger partial charge on any atom is 0.244 e. The second kappa shape index (κ2) is 4.30. The Morgan fingerprint density at radius 2 is 2.40 bits per heavy atom. The van der Waals surface area contributed by atoms with Gasteiger partial charge in [-0.25, -0.2) is 0 Å². The molecule has 1 fully saturated rings. The average molecular weight is 244 g/mol. The van der Waals surface area contributed by atoms with Gasteiger partial charge in [0.05, 0.1) is 10.9 Å². The zero-order valence-corrected chi connectivity index (χ0v) is 9.48. The van der Waals surface area contributed by atoms with Crippen LogP contribution in [0.2, 0.25) is 0 Å². The normalized spacial score (nSPS) is 19.3. The number of halogens is 1. The van der Waals surface area contributed by atoms with Crippen molar-refractivity contribution < 1.29 is 4.52 Å². The van der Waals surface area contributed by atoms with Gasteiger partial charge in [0.25, 0.3) is 0 Å². The van der Waals surface area contributed by atoms with E-state index in [2.05, 4.69) is 15.5 Å². The molecule has 2 aromatic rings. The number of thiophene rings is 1. The SMILES string of the molecule is Cl.c1csc(-c2noc([C@H]3CCN3)n2)c1. The van der Waals surface area contributed by atoms with Gasteiger partial charge in [-0.1, -0.05) is 11.2 Å². The minimum atomic E-state index is 0. The molecule has 6 heteroatoms. The molecule has 2 aromatic heterocycles. The van der Waals surface area contributed by atoms with E-state index in [0.717, 1.165) is 17.8 Å². The number of nitrogens with zero attached hydrogens (tertiary/aromatic N) is 2. The fourth-order valence-corrected chi connectivity index (χ4v) is 2.03. The molecule has 4 nitrogen and oxygen atoms in total. The van der Waals surface area contributed by atoms with E-state index in [1.54, 1.807) is 11.3 Å². The van der Waals surface area contributed by atoms with Crippen molar-refractivity contribution in [3.8, 4) is 10.7 Å². The fourth-order valence-electron chi connectivity index (χ4n) is 1.38. The monoisotopic (exact) mass is 243 g/mol. The van der Waals surface area contributed by atoms with Gasteiger partial charge in [0.1, 0.15) is 0 Å². The van der Waals surface area contributed by atoms with E-state index in [9.17, 15) is 0 Å². The highest BCUT2D eigenvalue weighted by molar-refractivity contribution is 7.13. The van der Waals surface area contributed by atoms with Gasteiger partial charge in [-0.05, 0) is 24.4 Å². The summed E-state index contributed by atoms with van der Waals surface area (Å²) in [5.74, 6) is 1.41. The molecule has 1 saturated heterocycles. The Kier molecular flexibility index (Phi) is 3.04. The van der Waals surface area contributed by atoms with Gasteiger partial charge in [-0.3, -0.25) is 0 Å². The summed E-state index contributed by atoms with van der Waals surface area (Å²) < 4.78 is 5.18. The van der Waals surface area contributed by atoms with Crippen LogP contribution in [0, 0.1) is 0 Å². The van der Waals surface area contributed by atoms with Gasteiger partial charge in [0, 0.05) is 0 Å². The third-order valence-corrected chi connectivity index (χ3v) is 3.17. The summed E-state index contributed by atoms with van der Waals surface area (Å²) in [5.41, 5.74) is 0. The molecular formula is C9H10ClN3OS. The Balaban J connectivity index is 0.000000853. The molecule has 0 radical (unpaired) electrons. The van der Waals surface area contributed by atoms with Crippen LogP contribution >= 0.6 is 23.7 Å². The third kappa shape index (κ3) is 1.90. The smallest absolute Gasteiger partial charge is 0.244 e. The van der Waals surface area contributed by atoms with Crippen molar-refractivity contribution in [1.82, 2.24) is 15.5 Å². The summed E-state index contributed by atoms with van der Waals surface area (Å²) >= 11 is 1.62. The number of aromatic nitrogens is 2. The standard InChI is InChI=1S/C9H9N3OS.ClH/c1-2-7(14-5-1)8-11-9(13-12-8)6-3-4-10-6;/h1-2,5-6,10H,3-4H2;1H/t6-;/m1./s1. The van der Waals surface area contributed by atoms with Gasteiger partial charge >= 0.3 is 0 Å². The lowest BCUT2D eigenvalue weighted by molar-refractivity contribution is 0.273. The molecule has 0 bridgehead atoms. The van der Waals surface area contributed by atoms with Crippen LogP contribution in [0.4, 0.5) is 0 Å². The molecule has 3 heterocycles. The number of hydrogen-bond donors (Lipinski definition) is 1. The first-order chi connectivity index (χ1) is 6.93. The Morgan fingerprint density at radius 1 is 1.53 bits per heavy atom. The lowest BCUT2D eigenvalue weighted by Crippen LogP contribution is -2.35. The highest BCUT2D eigenvalue weighted by atomic mass is 35.5. The molecule has 80 valence electrons. The summed E-state index contributed by atoms with van der Waals surface area (Å²) in [4.78, 5) is 5.40. The minimum absolute atomic E-state index is 0. The van der Waals surface area contributed by atoms with Crippen LogP contribution < -0.4 is 5.32 Å². The van der Waals surface area contributed by atoms with Gasteiger partial charge in [0.15, 0.2) is 0 Å². The van der Waals surface area contributed by atoms with Gasteiger partial charge in [-0.15, -0.1) is 23.7 Å². The maximum absolute atomic E-state index is 5.18. The van der Waals surface area contributed by atoms with Crippen molar-refractivity contribution in [1.29, 1.82) is 0 Å². The van der Waals surface area contributed by atoms with E-state index in [4.69, 9.17) is 4.52 Å². The molecule has 0 aliphatic carbocycles. The van der Waals surface area contributed by atoms with E-state index in [1.165, 1.54) is 0 Å². The van der Waals surface area contributed by atoms with Crippen molar-refractivity contribution in [2.45, 2.75) is 12.5 Å². The zero-order valence-electron chi connectivity index (χ0n) is 7.84. The average Bonchev–Trinajstić information content (AvgIpc) is 2.65. The maximum atomic E-state index is 5.18. The first-order valence-corrected chi connectivity index (χ1v) is 5.42. The van der Waals surface area contributed by atoms with E-state index in [-0.39, 0.29) is 18.4 Å². The quantitative estimate of drug-likeness (QED) is 0.879. The van der Waals surface area contributed by atoms with E-state index in [1.807, 2.05) is 17.5 Å². The van der Waals surface area contributed by atoms with Crippen molar-refractivity contribution in [3.05, 3.63) is 23.4 Å². The molecule has 1 aliphatic rings. The van der Waals surface area contributed by atoms with Crippen molar-refractivity contribution >= 4 is 23.7 Å². The van der Waals surface area contributed by atoms with Crippen molar-refractivity contribution in [2.24, 2.45) is 0 Å². The first-order valence-electron chi connectivity index (χ1n) is 4.54. The van der Waals surface area contributed by atoms with Crippen molar-refractivity contribution in [2.75, 3.05) is 6.54 Å². The summed E-state index contributed by atoms with van der Waals surface area (Å²) in [6.45, 7) is 1.04.